The first-order valence-electron chi connectivity index (χ1n) is 11.0. The topological polar surface area (TPSA) is 93.9 Å². The lowest BCUT2D eigenvalue weighted by atomic mass is 10.1. The third-order valence-corrected chi connectivity index (χ3v) is 6.43. The number of carbonyl (C=O) groups excluding carboxylic acids is 1. The summed E-state index contributed by atoms with van der Waals surface area (Å²) in [7, 11) is 2.15. The van der Waals surface area contributed by atoms with Crippen molar-refractivity contribution in [2.24, 2.45) is 0 Å². The van der Waals surface area contributed by atoms with Gasteiger partial charge in [0.1, 0.15) is 23.0 Å². The first-order valence-corrected chi connectivity index (χ1v) is 11.7. The van der Waals surface area contributed by atoms with Crippen LogP contribution < -0.4 is 5.32 Å². The Labute approximate surface area is 201 Å². The van der Waals surface area contributed by atoms with Crippen molar-refractivity contribution in [2.75, 3.05) is 39.8 Å². The fraction of sp³-hybridized carbons (Fsp3) is 0.333. The van der Waals surface area contributed by atoms with Crippen LogP contribution in [0.25, 0.3) is 17.1 Å². The number of aromatic nitrogens is 2. The molecule has 33 heavy (non-hydrogen) atoms. The number of rotatable bonds is 6. The highest BCUT2D eigenvalue weighted by atomic mass is 79.9. The zero-order valence-electron chi connectivity index (χ0n) is 18.8. The molecule has 3 N–H and O–H groups in total. The number of hydrogen-bond acceptors (Lipinski definition) is 6. The van der Waals surface area contributed by atoms with Gasteiger partial charge in [-0.1, -0.05) is 12.1 Å². The number of carbonyl (C=O) groups is 1. The van der Waals surface area contributed by atoms with Gasteiger partial charge in [0.2, 0.25) is 0 Å². The van der Waals surface area contributed by atoms with Crippen LogP contribution in [0.1, 0.15) is 23.0 Å². The summed E-state index contributed by atoms with van der Waals surface area (Å²) in [5, 5.41) is 23.2. The molecule has 3 aromatic rings. The number of hydrogen-bond donors (Lipinski definition) is 3. The van der Waals surface area contributed by atoms with Crippen molar-refractivity contribution in [3.05, 3.63) is 58.3 Å². The lowest BCUT2D eigenvalue weighted by molar-refractivity contribution is 0.0951. The van der Waals surface area contributed by atoms with Gasteiger partial charge in [-0.05, 0) is 53.7 Å². The predicted molar refractivity (Wildman–Crippen MR) is 131 cm³/mol. The number of benzene rings is 2. The van der Waals surface area contributed by atoms with Crippen molar-refractivity contribution in [1.29, 1.82) is 0 Å². The molecule has 0 bridgehead atoms. The van der Waals surface area contributed by atoms with Gasteiger partial charge in [-0.25, -0.2) is 4.98 Å². The number of nitrogens with one attached hydrogen (secondary N) is 1. The normalized spacial score (nSPS) is 15.0. The predicted octanol–water partition coefficient (Wildman–Crippen LogP) is 3.21. The molecule has 9 heteroatoms. The first-order chi connectivity index (χ1) is 15.9. The van der Waals surface area contributed by atoms with E-state index in [1.165, 1.54) is 11.6 Å². The minimum absolute atomic E-state index is 0.0773. The Balaban J connectivity index is 1.67. The van der Waals surface area contributed by atoms with Crippen molar-refractivity contribution in [1.82, 2.24) is 24.7 Å². The number of phenolic OH excluding ortho intramolecular Hbond substituents is 2. The number of halogens is 1. The van der Waals surface area contributed by atoms with Crippen molar-refractivity contribution < 1.29 is 15.0 Å². The molecule has 0 radical (unpaired) electrons. The third kappa shape index (κ3) is 5.21. The van der Waals surface area contributed by atoms with Gasteiger partial charge in [0, 0.05) is 57.2 Å². The zero-order chi connectivity index (χ0) is 23.5. The highest BCUT2D eigenvalue weighted by Gasteiger charge is 2.20. The van der Waals surface area contributed by atoms with Gasteiger partial charge in [0.15, 0.2) is 0 Å². The largest absolute Gasteiger partial charge is 0.507 e. The molecule has 1 aromatic heterocycles. The van der Waals surface area contributed by atoms with Crippen LogP contribution in [-0.2, 0) is 6.54 Å². The molecule has 0 atom stereocenters. The smallest absolute Gasteiger partial charge is 0.271 e. The van der Waals surface area contributed by atoms with E-state index in [0.717, 1.165) is 38.4 Å². The number of imidazole rings is 1. The van der Waals surface area contributed by atoms with Gasteiger partial charge in [0.25, 0.3) is 5.91 Å². The van der Waals surface area contributed by atoms with E-state index in [0.29, 0.717) is 22.4 Å². The number of nitrogens with zero attached hydrogens (tertiary/aromatic N) is 4. The summed E-state index contributed by atoms with van der Waals surface area (Å²) in [4.78, 5) is 21.8. The number of piperazine rings is 1. The van der Waals surface area contributed by atoms with Crippen LogP contribution in [0.3, 0.4) is 0 Å². The highest BCUT2D eigenvalue weighted by molar-refractivity contribution is 9.10. The Morgan fingerprint density at radius 2 is 1.79 bits per heavy atom. The van der Waals surface area contributed by atoms with Gasteiger partial charge in [-0.2, -0.15) is 0 Å². The number of amides is 1. The summed E-state index contributed by atoms with van der Waals surface area (Å²) in [5.74, 6) is -0.0916. The van der Waals surface area contributed by atoms with Gasteiger partial charge >= 0.3 is 0 Å². The number of likely N-dealkylation sites (N-methyl/N-ethyl adjacent to an activating group) is 1. The van der Waals surface area contributed by atoms with Crippen molar-refractivity contribution >= 4 is 21.8 Å². The first kappa shape index (κ1) is 23.3. The molecule has 1 aliphatic rings. The van der Waals surface area contributed by atoms with Gasteiger partial charge in [0.05, 0.1) is 10.0 Å². The van der Waals surface area contributed by atoms with Crippen molar-refractivity contribution in [2.45, 2.75) is 13.5 Å². The third-order valence-electron chi connectivity index (χ3n) is 5.80. The Bertz CT molecular complexity index is 1140. The molecule has 2 aromatic carbocycles. The molecular weight excluding hydrogens is 486 g/mol. The van der Waals surface area contributed by atoms with E-state index in [1.54, 1.807) is 16.8 Å². The van der Waals surface area contributed by atoms with E-state index < -0.39 is 0 Å². The summed E-state index contributed by atoms with van der Waals surface area (Å²) >= 11 is 3.29. The second kappa shape index (κ2) is 9.94. The van der Waals surface area contributed by atoms with Crippen LogP contribution in [0, 0.1) is 0 Å². The molecule has 0 unspecified atom stereocenters. The molecule has 2 heterocycles. The van der Waals surface area contributed by atoms with Crippen LogP contribution in [0.4, 0.5) is 0 Å². The maximum atomic E-state index is 12.5. The van der Waals surface area contributed by atoms with Crippen molar-refractivity contribution in [3.63, 3.8) is 0 Å². The van der Waals surface area contributed by atoms with Crippen LogP contribution in [0.15, 0.2) is 47.1 Å². The quantitative estimate of drug-likeness (QED) is 0.468. The van der Waals surface area contributed by atoms with E-state index in [1.807, 2.05) is 19.1 Å². The van der Waals surface area contributed by atoms with E-state index in [2.05, 4.69) is 55.2 Å². The Hall–Kier alpha value is -2.88. The Morgan fingerprint density at radius 1 is 1.09 bits per heavy atom. The molecule has 8 nitrogen and oxygen atoms in total. The average Bonchev–Trinajstić information content (AvgIpc) is 3.24. The van der Waals surface area contributed by atoms with Crippen LogP contribution >= 0.6 is 15.9 Å². The Kier molecular flexibility index (Phi) is 7.02. The fourth-order valence-electron chi connectivity index (χ4n) is 3.88. The molecule has 1 amide bonds. The summed E-state index contributed by atoms with van der Waals surface area (Å²) in [6.07, 6.45) is 1.66. The van der Waals surface area contributed by atoms with Gasteiger partial charge < -0.3 is 20.4 Å². The molecule has 4 rings (SSSR count). The minimum Gasteiger partial charge on any atom is -0.507 e. The molecule has 0 aliphatic carbocycles. The standard InChI is InChI=1S/C24H28BrN5O3/c1-3-26-24(33)20-15-30(23(27-20)18-12-19(25)22(32)13-21(18)31)17-6-4-16(5-7-17)14-29-10-8-28(2)9-11-29/h4-7,12-13,15,31-32H,3,8-11,14H2,1-2H3,(H,26,33). The Morgan fingerprint density at radius 3 is 2.45 bits per heavy atom. The van der Waals surface area contributed by atoms with E-state index in [4.69, 9.17) is 0 Å². The number of phenols is 2. The second-order valence-corrected chi connectivity index (χ2v) is 9.10. The lowest BCUT2D eigenvalue weighted by Crippen LogP contribution is -2.43. The maximum absolute atomic E-state index is 12.5. The zero-order valence-corrected chi connectivity index (χ0v) is 20.3. The second-order valence-electron chi connectivity index (χ2n) is 8.25. The maximum Gasteiger partial charge on any atom is 0.271 e. The number of aromatic hydroxyl groups is 2. The molecule has 0 saturated carbocycles. The summed E-state index contributed by atoms with van der Waals surface area (Å²) in [6.45, 7) is 7.47. The van der Waals surface area contributed by atoms with Crippen LogP contribution in [0.2, 0.25) is 0 Å². The monoisotopic (exact) mass is 513 g/mol. The minimum atomic E-state index is -0.290. The fourth-order valence-corrected chi connectivity index (χ4v) is 4.23. The summed E-state index contributed by atoms with van der Waals surface area (Å²) in [6, 6.07) is 11.0. The summed E-state index contributed by atoms with van der Waals surface area (Å²) in [5.41, 5.74) is 2.68. The van der Waals surface area contributed by atoms with E-state index >= 15 is 0 Å². The molecular formula is C24H28BrN5O3. The summed E-state index contributed by atoms with van der Waals surface area (Å²) < 4.78 is 2.20. The molecule has 1 fully saturated rings. The average molecular weight is 514 g/mol. The van der Waals surface area contributed by atoms with Crippen LogP contribution in [-0.4, -0.2) is 75.2 Å². The molecule has 0 spiro atoms. The van der Waals surface area contributed by atoms with Crippen LogP contribution in [0.5, 0.6) is 11.5 Å². The molecule has 1 saturated heterocycles. The SMILES string of the molecule is CCNC(=O)c1cn(-c2ccc(CN3CCN(C)CC3)cc2)c(-c2cc(Br)c(O)cc2O)n1. The van der Waals surface area contributed by atoms with Gasteiger partial charge in [-0.3, -0.25) is 14.3 Å². The van der Waals surface area contributed by atoms with E-state index in [9.17, 15) is 15.0 Å². The highest BCUT2D eigenvalue weighted by Crippen LogP contribution is 2.38. The van der Waals surface area contributed by atoms with Gasteiger partial charge in [-0.15, -0.1) is 0 Å². The molecule has 174 valence electrons. The lowest BCUT2D eigenvalue weighted by Gasteiger charge is -2.32. The van der Waals surface area contributed by atoms with Crippen molar-refractivity contribution in [3.8, 4) is 28.6 Å². The van der Waals surface area contributed by atoms with E-state index in [-0.39, 0.29) is 23.1 Å². The molecule has 1 aliphatic heterocycles.